The van der Waals surface area contributed by atoms with Gasteiger partial charge in [0.25, 0.3) is 0 Å². The highest BCUT2D eigenvalue weighted by Gasteiger charge is 2.20. The number of hydrogen-bond acceptors (Lipinski definition) is 5. The van der Waals surface area contributed by atoms with Gasteiger partial charge in [-0.05, 0) is 25.7 Å². The van der Waals surface area contributed by atoms with Crippen molar-refractivity contribution in [2.45, 2.75) is 520 Å². The van der Waals surface area contributed by atoms with Gasteiger partial charge < -0.3 is 20.3 Å². The highest BCUT2D eigenvalue weighted by Crippen LogP contribution is 2.21. The highest BCUT2D eigenvalue weighted by atomic mass is 16.5. The largest absolute Gasteiger partial charge is 0.466 e. The number of carbonyl (C=O) groups excluding carboxylic acids is 2. The Morgan fingerprint density at radius 2 is 0.451 bits per heavy atom. The van der Waals surface area contributed by atoms with E-state index < -0.39 is 12.1 Å². The van der Waals surface area contributed by atoms with Gasteiger partial charge in [0.15, 0.2) is 0 Å². The molecule has 0 aliphatic rings. The van der Waals surface area contributed by atoms with Crippen molar-refractivity contribution in [1.82, 2.24) is 5.32 Å². The molecule has 6 nitrogen and oxygen atoms in total. The zero-order chi connectivity index (χ0) is 65.6. The number of hydrogen-bond donors (Lipinski definition) is 3. The SMILES string of the molecule is CCCCCCCCCCCCCCCCCCCCCCCCCCC(O)C(CO)NC(=O)CCCCCCCCCCCCCCCCCCCCCCCCCCCCCCCCCCCOC(=O)CCCCCCCCCCCCCCCCCCC. The minimum atomic E-state index is -0.662. The summed E-state index contributed by atoms with van der Waals surface area (Å²) in [7, 11) is 0. The molecule has 0 aromatic heterocycles. The summed E-state index contributed by atoms with van der Waals surface area (Å²) in [6.07, 6.45) is 102. The number of rotatable bonds is 82. The summed E-state index contributed by atoms with van der Waals surface area (Å²) >= 11 is 0. The van der Waals surface area contributed by atoms with Crippen LogP contribution in [0.25, 0.3) is 0 Å². The fourth-order valence-electron chi connectivity index (χ4n) is 14.2. The Hall–Kier alpha value is -1.14. The van der Waals surface area contributed by atoms with Crippen LogP contribution in [0.15, 0.2) is 0 Å². The summed E-state index contributed by atoms with van der Waals surface area (Å²) in [5.74, 6) is 0.00430. The third-order valence-electron chi connectivity index (χ3n) is 20.7. The number of unbranched alkanes of at least 4 members (excludes halogenated alkanes) is 71. The van der Waals surface area contributed by atoms with Crippen molar-refractivity contribution in [3.05, 3.63) is 0 Å². The number of aliphatic hydroxyl groups excluding tert-OH is 2. The summed E-state index contributed by atoms with van der Waals surface area (Å²) in [6.45, 7) is 5.03. The topological polar surface area (TPSA) is 95.9 Å². The first-order valence-corrected chi connectivity index (χ1v) is 42.8. The lowest BCUT2D eigenvalue weighted by Gasteiger charge is -2.22. The van der Waals surface area contributed by atoms with Crippen LogP contribution in [-0.2, 0) is 14.3 Å². The normalized spacial score (nSPS) is 12.4. The van der Waals surface area contributed by atoms with Crippen molar-refractivity contribution in [2.75, 3.05) is 13.2 Å². The van der Waals surface area contributed by atoms with Gasteiger partial charge in [-0.25, -0.2) is 0 Å². The van der Waals surface area contributed by atoms with Crippen molar-refractivity contribution in [3.63, 3.8) is 0 Å². The summed E-state index contributed by atoms with van der Waals surface area (Å²) in [6, 6.07) is -0.538. The Morgan fingerprint density at radius 3 is 0.670 bits per heavy atom. The average molecular weight is 1290 g/mol. The van der Waals surface area contributed by atoms with Crippen molar-refractivity contribution >= 4 is 11.9 Å². The van der Waals surface area contributed by atoms with Crippen LogP contribution in [0.4, 0.5) is 0 Å². The molecule has 0 fully saturated rings. The minimum absolute atomic E-state index is 0.0232. The van der Waals surface area contributed by atoms with E-state index in [4.69, 9.17) is 4.74 Å². The molecular formula is C85H169NO5. The minimum Gasteiger partial charge on any atom is -0.466 e. The second-order valence-corrected chi connectivity index (χ2v) is 29.9. The molecule has 0 saturated carbocycles. The third-order valence-corrected chi connectivity index (χ3v) is 20.7. The molecule has 1 amide bonds. The second-order valence-electron chi connectivity index (χ2n) is 29.9. The van der Waals surface area contributed by atoms with E-state index in [9.17, 15) is 19.8 Å². The Balaban J connectivity index is 3.31. The van der Waals surface area contributed by atoms with Crippen molar-refractivity contribution in [3.8, 4) is 0 Å². The van der Waals surface area contributed by atoms with Gasteiger partial charge in [0.1, 0.15) is 0 Å². The lowest BCUT2D eigenvalue weighted by molar-refractivity contribution is -0.143. The molecule has 3 N–H and O–H groups in total. The number of ether oxygens (including phenoxy) is 1. The Bertz CT molecular complexity index is 1340. The standard InChI is InChI=1S/C85H169NO5/c1-3-5-7-9-11-13-15-17-19-21-22-23-24-36-39-42-46-49-53-57-61-65-69-73-77-83(88)82(81-87)86-84(89)78-74-70-66-62-58-54-50-47-43-40-37-34-32-30-28-26-25-27-29-31-33-35-38-41-44-48-52-56-60-64-68-72-76-80-91-85(90)79-75-71-67-63-59-55-51-45-20-18-16-14-12-10-8-6-4-2/h82-83,87-88H,3-81H2,1-2H3,(H,86,89). The number of amides is 1. The predicted octanol–water partition coefficient (Wildman–Crippen LogP) is 28.4. The molecule has 91 heavy (non-hydrogen) atoms. The Kier molecular flexibility index (Phi) is 80.3. The van der Waals surface area contributed by atoms with E-state index in [1.807, 2.05) is 0 Å². The maximum atomic E-state index is 12.6. The Morgan fingerprint density at radius 1 is 0.264 bits per heavy atom. The zero-order valence-corrected chi connectivity index (χ0v) is 62.6. The van der Waals surface area contributed by atoms with Crippen molar-refractivity contribution in [1.29, 1.82) is 0 Å². The van der Waals surface area contributed by atoms with E-state index in [-0.39, 0.29) is 18.5 Å². The van der Waals surface area contributed by atoms with Gasteiger partial charge in [0.05, 0.1) is 25.4 Å². The van der Waals surface area contributed by atoms with Crippen molar-refractivity contribution < 1.29 is 24.5 Å². The molecule has 0 aromatic rings. The summed E-state index contributed by atoms with van der Waals surface area (Å²) in [4.78, 5) is 24.7. The van der Waals surface area contributed by atoms with Crippen LogP contribution in [0.1, 0.15) is 508 Å². The lowest BCUT2D eigenvalue weighted by atomic mass is 10.0. The molecule has 0 saturated heterocycles. The molecule has 0 spiro atoms. The van der Waals surface area contributed by atoms with Crippen LogP contribution in [0, 0.1) is 0 Å². The fourth-order valence-corrected chi connectivity index (χ4v) is 14.2. The summed E-state index contributed by atoms with van der Waals surface area (Å²) in [5, 5.41) is 23.5. The van der Waals surface area contributed by atoms with Crippen LogP contribution >= 0.6 is 0 Å². The average Bonchev–Trinajstić information content (AvgIpc) is 3.64. The lowest BCUT2D eigenvalue weighted by Crippen LogP contribution is -2.45. The highest BCUT2D eigenvalue weighted by molar-refractivity contribution is 5.76. The van der Waals surface area contributed by atoms with E-state index in [1.54, 1.807) is 0 Å². The van der Waals surface area contributed by atoms with E-state index in [2.05, 4.69) is 19.2 Å². The van der Waals surface area contributed by atoms with E-state index in [0.29, 0.717) is 25.9 Å². The third kappa shape index (κ3) is 77.7. The van der Waals surface area contributed by atoms with E-state index >= 15 is 0 Å². The van der Waals surface area contributed by atoms with Gasteiger partial charge in [-0.1, -0.05) is 470 Å². The number of esters is 1. The van der Waals surface area contributed by atoms with E-state index in [1.165, 1.54) is 437 Å². The molecule has 6 heteroatoms. The molecule has 0 heterocycles. The monoisotopic (exact) mass is 1280 g/mol. The van der Waals surface area contributed by atoms with Crippen LogP contribution in [-0.4, -0.2) is 47.4 Å². The number of aliphatic hydroxyl groups is 2. The second kappa shape index (κ2) is 81.3. The first-order valence-electron chi connectivity index (χ1n) is 42.8. The van der Waals surface area contributed by atoms with Crippen molar-refractivity contribution in [2.24, 2.45) is 0 Å². The predicted molar refractivity (Wildman–Crippen MR) is 403 cm³/mol. The van der Waals surface area contributed by atoms with Crippen LogP contribution in [0.2, 0.25) is 0 Å². The maximum Gasteiger partial charge on any atom is 0.305 e. The fraction of sp³-hybridized carbons (Fsp3) is 0.976. The van der Waals surface area contributed by atoms with Crippen LogP contribution < -0.4 is 5.32 Å². The molecule has 0 aliphatic carbocycles. The maximum absolute atomic E-state index is 12.6. The molecule has 0 aromatic carbocycles. The van der Waals surface area contributed by atoms with Crippen LogP contribution in [0.3, 0.4) is 0 Å². The van der Waals surface area contributed by atoms with Gasteiger partial charge in [-0.3, -0.25) is 9.59 Å². The summed E-state index contributed by atoms with van der Waals surface area (Å²) < 4.78 is 5.52. The van der Waals surface area contributed by atoms with Gasteiger partial charge in [0, 0.05) is 12.8 Å². The van der Waals surface area contributed by atoms with Gasteiger partial charge in [-0.15, -0.1) is 0 Å². The molecule has 0 aliphatic heterocycles. The Labute approximate surface area is 572 Å². The molecule has 0 bridgehead atoms. The molecular weight excluding hydrogens is 1110 g/mol. The molecule has 544 valence electrons. The number of nitrogens with one attached hydrogen (secondary N) is 1. The molecule has 2 atom stereocenters. The molecule has 0 rings (SSSR count). The van der Waals surface area contributed by atoms with Gasteiger partial charge in [-0.2, -0.15) is 0 Å². The van der Waals surface area contributed by atoms with Gasteiger partial charge >= 0.3 is 5.97 Å². The van der Waals surface area contributed by atoms with Crippen LogP contribution in [0.5, 0.6) is 0 Å². The first-order chi connectivity index (χ1) is 45.0. The molecule has 0 radical (unpaired) electrons. The van der Waals surface area contributed by atoms with Gasteiger partial charge in [0.2, 0.25) is 5.91 Å². The zero-order valence-electron chi connectivity index (χ0n) is 62.6. The quantitative estimate of drug-likeness (QED) is 0.0417. The number of carbonyl (C=O) groups is 2. The van der Waals surface area contributed by atoms with E-state index in [0.717, 1.165) is 38.5 Å². The molecule has 2 unspecified atom stereocenters. The smallest absolute Gasteiger partial charge is 0.305 e. The first kappa shape index (κ1) is 89.9. The summed E-state index contributed by atoms with van der Waals surface area (Å²) in [5.41, 5.74) is 0.